The van der Waals surface area contributed by atoms with E-state index >= 15 is 0 Å². The van der Waals surface area contributed by atoms with Crippen LogP contribution in [-0.4, -0.2) is 5.91 Å². The van der Waals surface area contributed by atoms with Gasteiger partial charge in [-0.2, -0.15) is 5.26 Å². The molecule has 0 radical (unpaired) electrons. The Hall–Kier alpha value is -1.89. The first kappa shape index (κ1) is 12.2. The summed E-state index contributed by atoms with van der Waals surface area (Å²) in [6.07, 6.45) is 4.45. The molecule has 4 heteroatoms. The highest BCUT2D eigenvalue weighted by molar-refractivity contribution is 5.93. The fourth-order valence-corrected chi connectivity index (χ4v) is 3.48. The molecule has 3 atom stereocenters. The summed E-state index contributed by atoms with van der Waals surface area (Å²) in [6.45, 7) is 0. The summed E-state index contributed by atoms with van der Waals surface area (Å²) in [6, 6.07) is 5.99. The number of amides is 1. The summed E-state index contributed by atoms with van der Waals surface area (Å²) in [7, 11) is 0. The zero-order valence-corrected chi connectivity index (χ0v) is 10.5. The number of benzene rings is 1. The van der Waals surface area contributed by atoms with Gasteiger partial charge in [0.25, 0.3) is 0 Å². The van der Waals surface area contributed by atoms with Gasteiger partial charge in [-0.25, -0.2) is 4.39 Å². The number of nitriles is 1. The lowest BCUT2D eigenvalue weighted by atomic mass is 9.88. The molecule has 2 bridgehead atoms. The molecule has 19 heavy (non-hydrogen) atoms. The van der Waals surface area contributed by atoms with Gasteiger partial charge >= 0.3 is 0 Å². The van der Waals surface area contributed by atoms with E-state index in [1.54, 1.807) is 0 Å². The molecule has 0 aromatic heterocycles. The monoisotopic (exact) mass is 258 g/mol. The number of hydrogen-bond acceptors (Lipinski definition) is 2. The third-order valence-corrected chi connectivity index (χ3v) is 4.43. The second kappa shape index (κ2) is 4.65. The summed E-state index contributed by atoms with van der Waals surface area (Å²) < 4.78 is 13.7. The molecule has 3 rings (SSSR count). The molecule has 1 amide bonds. The van der Waals surface area contributed by atoms with Crippen LogP contribution < -0.4 is 5.32 Å². The van der Waals surface area contributed by atoms with Crippen LogP contribution in [0.4, 0.5) is 10.1 Å². The van der Waals surface area contributed by atoms with Gasteiger partial charge in [-0.15, -0.1) is 0 Å². The van der Waals surface area contributed by atoms with Crippen molar-refractivity contribution in [1.82, 2.24) is 0 Å². The van der Waals surface area contributed by atoms with Gasteiger partial charge < -0.3 is 5.32 Å². The Bertz CT molecular complexity index is 564. The lowest BCUT2D eigenvalue weighted by Gasteiger charge is -2.20. The van der Waals surface area contributed by atoms with Crippen LogP contribution in [0, 0.1) is 34.9 Å². The Kier molecular flexibility index (Phi) is 2.98. The predicted octanol–water partition coefficient (Wildman–Crippen LogP) is 3.07. The standard InChI is InChI=1S/C15H15FN2O/c16-13-7-10(8-17)2-4-14(13)18-15(19)12-6-9-1-3-11(12)5-9/h2,4,7,9,11-12H,1,3,5-6H2,(H,18,19). The van der Waals surface area contributed by atoms with Gasteiger partial charge in [0.1, 0.15) is 5.82 Å². The number of halogens is 1. The lowest BCUT2D eigenvalue weighted by Crippen LogP contribution is -2.27. The number of rotatable bonds is 2. The summed E-state index contributed by atoms with van der Waals surface area (Å²) in [5.41, 5.74) is 0.433. The Morgan fingerprint density at radius 1 is 1.37 bits per heavy atom. The van der Waals surface area contributed by atoms with E-state index in [0.717, 1.165) is 25.3 Å². The fourth-order valence-electron chi connectivity index (χ4n) is 3.48. The maximum absolute atomic E-state index is 13.7. The first-order valence-corrected chi connectivity index (χ1v) is 6.68. The third kappa shape index (κ3) is 2.21. The second-order valence-corrected chi connectivity index (χ2v) is 5.58. The van der Waals surface area contributed by atoms with Crippen LogP contribution in [0.3, 0.4) is 0 Å². The minimum atomic E-state index is -0.546. The molecule has 2 aliphatic rings. The van der Waals surface area contributed by atoms with Crippen molar-refractivity contribution in [3.8, 4) is 6.07 Å². The molecule has 1 aromatic carbocycles. The Morgan fingerprint density at radius 2 is 2.21 bits per heavy atom. The van der Waals surface area contributed by atoms with E-state index in [2.05, 4.69) is 5.32 Å². The van der Waals surface area contributed by atoms with E-state index in [-0.39, 0.29) is 23.1 Å². The molecule has 3 nitrogen and oxygen atoms in total. The number of nitrogens with zero attached hydrogens (tertiary/aromatic N) is 1. The number of carbonyl (C=O) groups excluding carboxylic acids is 1. The molecule has 3 unspecified atom stereocenters. The van der Waals surface area contributed by atoms with Crippen molar-refractivity contribution < 1.29 is 9.18 Å². The highest BCUT2D eigenvalue weighted by Gasteiger charge is 2.43. The molecule has 2 saturated carbocycles. The highest BCUT2D eigenvalue weighted by atomic mass is 19.1. The van der Waals surface area contributed by atoms with E-state index in [9.17, 15) is 9.18 Å². The summed E-state index contributed by atoms with van der Waals surface area (Å²) in [5.74, 6) is 0.582. The molecule has 0 aliphatic heterocycles. The Balaban J connectivity index is 1.72. The van der Waals surface area contributed by atoms with Crippen molar-refractivity contribution in [2.24, 2.45) is 17.8 Å². The average Bonchev–Trinajstić information content (AvgIpc) is 3.03. The number of hydrogen-bond donors (Lipinski definition) is 1. The number of anilines is 1. The fraction of sp³-hybridized carbons (Fsp3) is 0.467. The molecule has 1 aromatic rings. The van der Waals surface area contributed by atoms with Gasteiger partial charge in [-0.1, -0.05) is 6.42 Å². The molecule has 98 valence electrons. The van der Waals surface area contributed by atoms with Crippen LogP contribution in [-0.2, 0) is 4.79 Å². The number of nitrogens with one attached hydrogen (secondary N) is 1. The predicted molar refractivity (Wildman–Crippen MR) is 68.7 cm³/mol. The zero-order chi connectivity index (χ0) is 13.4. The molecular weight excluding hydrogens is 243 g/mol. The van der Waals surface area contributed by atoms with Crippen LogP contribution in [0.1, 0.15) is 31.2 Å². The largest absolute Gasteiger partial charge is 0.323 e. The minimum Gasteiger partial charge on any atom is -0.323 e. The first-order chi connectivity index (χ1) is 9.17. The minimum absolute atomic E-state index is 0.0359. The van der Waals surface area contributed by atoms with Crippen molar-refractivity contribution in [3.63, 3.8) is 0 Å². The lowest BCUT2D eigenvalue weighted by molar-refractivity contribution is -0.121. The molecule has 2 aliphatic carbocycles. The van der Waals surface area contributed by atoms with Gasteiger partial charge in [0.05, 0.1) is 17.3 Å². The molecule has 0 heterocycles. The van der Waals surface area contributed by atoms with E-state index in [1.165, 1.54) is 18.6 Å². The molecule has 0 spiro atoms. The summed E-state index contributed by atoms with van der Waals surface area (Å²) in [4.78, 5) is 12.2. The van der Waals surface area contributed by atoms with Gasteiger partial charge in [0, 0.05) is 5.92 Å². The average molecular weight is 258 g/mol. The van der Waals surface area contributed by atoms with Crippen LogP contribution >= 0.6 is 0 Å². The molecule has 1 N–H and O–H groups in total. The molecule has 2 fully saturated rings. The van der Waals surface area contributed by atoms with Crippen molar-refractivity contribution in [3.05, 3.63) is 29.6 Å². The van der Waals surface area contributed by atoms with Crippen LogP contribution in [0.15, 0.2) is 18.2 Å². The van der Waals surface area contributed by atoms with E-state index < -0.39 is 5.82 Å². The van der Waals surface area contributed by atoms with E-state index in [1.807, 2.05) is 6.07 Å². The first-order valence-electron chi connectivity index (χ1n) is 6.68. The normalized spacial score (nSPS) is 28.1. The Labute approximate surface area is 111 Å². The summed E-state index contributed by atoms with van der Waals surface area (Å²) in [5, 5.41) is 11.3. The number of fused-ring (bicyclic) bond motifs is 2. The highest BCUT2D eigenvalue weighted by Crippen LogP contribution is 2.48. The van der Waals surface area contributed by atoms with E-state index in [0.29, 0.717) is 11.8 Å². The van der Waals surface area contributed by atoms with Gasteiger partial charge in [0.15, 0.2) is 0 Å². The maximum Gasteiger partial charge on any atom is 0.227 e. The Morgan fingerprint density at radius 3 is 2.79 bits per heavy atom. The third-order valence-electron chi connectivity index (χ3n) is 4.43. The van der Waals surface area contributed by atoms with Crippen LogP contribution in [0.2, 0.25) is 0 Å². The van der Waals surface area contributed by atoms with Gasteiger partial charge in [0.2, 0.25) is 5.91 Å². The van der Waals surface area contributed by atoms with Crippen molar-refractivity contribution in [1.29, 1.82) is 5.26 Å². The topological polar surface area (TPSA) is 52.9 Å². The van der Waals surface area contributed by atoms with Gasteiger partial charge in [-0.05, 0) is 49.3 Å². The SMILES string of the molecule is N#Cc1ccc(NC(=O)C2CC3CCC2C3)c(F)c1. The zero-order valence-electron chi connectivity index (χ0n) is 10.5. The van der Waals surface area contributed by atoms with Crippen molar-refractivity contribution in [2.45, 2.75) is 25.7 Å². The smallest absolute Gasteiger partial charge is 0.227 e. The number of carbonyl (C=O) groups is 1. The van der Waals surface area contributed by atoms with Crippen LogP contribution in [0.5, 0.6) is 0 Å². The summed E-state index contributed by atoms with van der Waals surface area (Å²) >= 11 is 0. The van der Waals surface area contributed by atoms with Gasteiger partial charge in [-0.3, -0.25) is 4.79 Å². The quantitative estimate of drug-likeness (QED) is 0.886. The molecular formula is C15H15FN2O. The molecule has 0 saturated heterocycles. The van der Waals surface area contributed by atoms with Crippen LogP contribution in [0.25, 0.3) is 0 Å². The van der Waals surface area contributed by atoms with Crippen molar-refractivity contribution in [2.75, 3.05) is 5.32 Å². The maximum atomic E-state index is 13.7. The second-order valence-electron chi connectivity index (χ2n) is 5.58. The van der Waals surface area contributed by atoms with Crippen molar-refractivity contribution >= 4 is 11.6 Å². The van der Waals surface area contributed by atoms with E-state index in [4.69, 9.17) is 5.26 Å².